The predicted octanol–water partition coefficient (Wildman–Crippen LogP) is 3.03. The van der Waals surface area contributed by atoms with Gasteiger partial charge in [0.15, 0.2) is 17.5 Å². The first-order valence-corrected chi connectivity index (χ1v) is 10.0. The fraction of sp³-hybridized carbons (Fsp3) is 0.435. The summed E-state index contributed by atoms with van der Waals surface area (Å²) in [4.78, 5) is 6.90. The van der Waals surface area contributed by atoms with Crippen LogP contribution in [0.15, 0.2) is 41.4 Å². The Balaban J connectivity index is 2.16. The Bertz CT molecular complexity index is 812. The van der Waals surface area contributed by atoms with E-state index in [-0.39, 0.29) is 0 Å². The topological polar surface area (TPSA) is 67.4 Å². The van der Waals surface area contributed by atoms with E-state index < -0.39 is 0 Å². The zero-order chi connectivity index (χ0) is 21.9. The highest BCUT2D eigenvalue weighted by Gasteiger charge is 2.13. The Labute approximate surface area is 180 Å². The van der Waals surface area contributed by atoms with E-state index >= 15 is 0 Å². The van der Waals surface area contributed by atoms with Crippen LogP contribution in [-0.4, -0.2) is 52.8 Å². The Kier molecular flexibility index (Phi) is 9.28. The standard InChI is InChI=1S/C23H34N4O3/c1-7-24-23(26-15-18-10-8-9-11-19(18)16-27(2)3)25-14-17-12-20(28-4)22(30-6)21(13-17)29-5/h8-13H,7,14-16H2,1-6H3,(H2,24,25,26). The van der Waals surface area contributed by atoms with Gasteiger partial charge in [-0.15, -0.1) is 0 Å². The SMILES string of the molecule is CCNC(=NCc1cc(OC)c(OC)c(OC)c1)NCc1ccccc1CN(C)C. The van der Waals surface area contributed by atoms with Gasteiger partial charge in [-0.25, -0.2) is 4.99 Å². The summed E-state index contributed by atoms with van der Waals surface area (Å²) in [6.07, 6.45) is 0. The van der Waals surface area contributed by atoms with Gasteiger partial charge >= 0.3 is 0 Å². The minimum atomic E-state index is 0.478. The van der Waals surface area contributed by atoms with Crippen LogP contribution in [0.3, 0.4) is 0 Å². The van der Waals surface area contributed by atoms with Crippen LogP contribution in [0.25, 0.3) is 0 Å². The van der Waals surface area contributed by atoms with Gasteiger partial charge < -0.3 is 29.7 Å². The molecule has 0 saturated carbocycles. The van der Waals surface area contributed by atoms with Gasteiger partial charge in [-0.1, -0.05) is 24.3 Å². The van der Waals surface area contributed by atoms with Crippen molar-refractivity contribution in [3.63, 3.8) is 0 Å². The fourth-order valence-corrected chi connectivity index (χ4v) is 3.14. The van der Waals surface area contributed by atoms with Crippen LogP contribution in [0.1, 0.15) is 23.6 Å². The largest absolute Gasteiger partial charge is 0.493 e. The molecule has 0 aromatic heterocycles. The van der Waals surface area contributed by atoms with Gasteiger partial charge in [-0.2, -0.15) is 0 Å². The minimum absolute atomic E-state index is 0.478. The number of methoxy groups -OCH3 is 3. The van der Waals surface area contributed by atoms with E-state index in [1.165, 1.54) is 11.1 Å². The molecule has 0 amide bonds. The molecule has 7 nitrogen and oxygen atoms in total. The highest BCUT2D eigenvalue weighted by molar-refractivity contribution is 5.79. The molecule has 0 radical (unpaired) electrons. The van der Waals surface area contributed by atoms with Crippen LogP contribution >= 0.6 is 0 Å². The van der Waals surface area contributed by atoms with Gasteiger partial charge in [0, 0.05) is 19.6 Å². The minimum Gasteiger partial charge on any atom is -0.493 e. The molecule has 30 heavy (non-hydrogen) atoms. The lowest BCUT2D eigenvalue weighted by atomic mass is 10.1. The molecular formula is C23H34N4O3. The van der Waals surface area contributed by atoms with Crippen molar-refractivity contribution in [2.45, 2.75) is 26.6 Å². The molecule has 0 spiro atoms. The third-order valence-electron chi connectivity index (χ3n) is 4.54. The zero-order valence-corrected chi connectivity index (χ0v) is 18.9. The van der Waals surface area contributed by atoms with Gasteiger partial charge in [-0.05, 0) is 49.8 Å². The third kappa shape index (κ3) is 6.56. The number of rotatable bonds is 10. The Morgan fingerprint density at radius 1 is 0.933 bits per heavy atom. The molecule has 0 aliphatic rings. The van der Waals surface area contributed by atoms with Crippen molar-refractivity contribution in [3.8, 4) is 17.2 Å². The Hall–Kier alpha value is -2.93. The van der Waals surface area contributed by atoms with Crippen molar-refractivity contribution in [2.24, 2.45) is 4.99 Å². The van der Waals surface area contributed by atoms with Gasteiger partial charge in [0.05, 0.1) is 27.9 Å². The van der Waals surface area contributed by atoms with Crippen molar-refractivity contribution in [1.82, 2.24) is 15.5 Å². The van der Waals surface area contributed by atoms with E-state index in [0.29, 0.717) is 30.3 Å². The van der Waals surface area contributed by atoms with Gasteiger partial charge in [0.2, 0.25) is 5.75 Å². The smallest absolute Gasteiger partial charge is 0.203 e. The maximum Gasteiger partial charge on any atom is 0.203 e. The van der Waals surface area contributed by atoms with E-state index in [0.717, 1.165) is 24.6 Å². The van der Waals surface area contributed by atoms with E-state index in [2.05, 4.69) is 60.8 Å². The van der Waals surface area contributed by atoms with E-state index in [1.54, 1.807) is 21.3 Å². The second kappa shape index (κ2) is 11.9. The molecule has 0 unspecified atom stereocenters. The predicted molar refractivity (Wildman–Crippen MR) is 122 cm³/mol. The number of benzene rings is 2. The quantitative estimate of drug-likeness (QED) is 0.460. The maximum atomic E-state index is 5.44. The summed E-state index contributed by atoms with van der Waals surface area (Å²) < 4.78 is 16.3. The van der Waals surface area contributed by atoms with Crippen molar-refractivity contribution < 1.29 is 14.2 Å². The first-order valence-electron chi connectivity index (χ1n) is 10.0. The average molecular weight is 415 g/mol. The van der Waals surface area contributed by atoms with Crippen molar-refractivity contribution >= 4 is 5.96 Å². The van der Waals surface area contributed by atoms with Crippen LogP contribution in [0.4, 0.5) is 0 Å². The lowest BCUT2D eigenvalue weighted by molar-refractivity contribution is 0.324. The lowest BCUT2D eigenvalue weighted by Crippen LogP contribution is -2.37. The van der Waals surface area contributed by atoms with Crippen molar-refractivity contribution in [2.75, 3.05) is 42.0 Å². The summed E-state index contributed by atoms with van der Waals surface area (Å²) in [6.45, 7) is 4.91. The molecular weight excluding hydrogens is 380 g/mol. The summed E-state index contributed by atoms with van der Waals surface area (Å²) in [7, 11) is 8.97. The van der Waals surface area contributed by atoms with E-state index in [4.69, 9.17) is 19.2 Å². The second-order valence-corrected chi connectivity index (χ2v) is 7.09. The molecule has 0 fully saturated rings. The fourth-order valence-electron chi connectivity index (χ4n) is 3.14. The van der Waals surface area contributed by atoms with Crippen LogP contribution in [0.2, 0.25) is 0 Å². The molecule has 2 rings (SSSR count). The maximum absolute atomic E-state index is 5.44. The molecule has 7 heteroatoms. The summed E-state index contributed by atoms with van der Waals surface area (Å²) in [5.41, 5.74) is 3.52. The number of aliphatic imine (C=N–C) groups is 1. The molecule has 0 atom stereocenters. The molecule has 2 aromatic carbocycles. The summed E-state index contributed by atoms with van der Waals surface area (Å²) in [5.74, 6) is 2.58. The molecule has 0 aliphatic heterocycles. The number of ether oxygens (including phenoxy) is 3. The molecule has 0 heterocycles. The average Bonchev–Trinajstić information content (AvgIpc) is 2.75. The Morgan fingerprint density at radius 2 is 1.57 bits per heavy atom. The normalized spacial score (nSPS) is 11.4. The van der Waals surface area contributed by atoms with Crippen molar-refractivity contribution in [1.29, 1.82) is 0 Å². The number of guanidine groups is 1. The molecule has 2 aromatic rings. The van der Waals surface area contributed by atoms with Crippen LogP contribution in [0.5, 0.6) is 17.2 Å². The van der Waals surface area contributed by atoms with E-state index in [9.17, 15) is 0 Å². The molecule has 0 aliphatic carbocycles. The van der Waals surface area contributed by atoms with Gasteiger partial charge in [-0.3, -0.25) is 0 Å². The third-order valence-corrected chi connectivity index (χ3v) is 4.54. The van der Waals surface area contributed by atoms with E-state index in [1.807, 2.05) is 12.1 Å². The van der Waals surface area contributed by atoms with Crippen LogP contribution in [-0.2, 0) is 19.6 Å². The summed E-state index contributed by atoms with van der Waals surface area (Å²) >= 11 is 0. The highest BCUT2D eigenvalue weighted by atomic mass is 16.5. The first-order chi connectivity index (χ1) is 14.5. The number of nitrogens with zero attached hydrogens (tertiary/aromatic N) is 2. The zero-order valence-electron chi connectivity index (χ0n) is 18.9. The Morgan fingerprint density at radius 3 is 2.10 bits per heavy atom. The summed E-state index contributed by atoms with van der Waals surface area (Å²) in [6, 6.07) is 12.3. The first kappa shape index (κ1) is 23.3. The van der Waals surface area contributed by atoms with Crippen molar-refractivity contribution in [3.05, 3.63) is 53.1 Å². The van der Waals surface area contributed by atoms with Crippen LogP contribution < -0.4 is 24.8 Å². The number of hydrogen-bond acceptors (Lipinski definition) is 5. The van der Waals surface area contributed by atoms with Gasteiger partial charge in [0.25, 0.3) is 0 Å². The molecule has 0 bridgehead atoms. The molecule has 164 valence electrons. The lowest BCUT2D eigenvalue weighted by Gasteiger charge is -2.17. The van der Waals surface area contributed by atoms with Gasteiger partial charge in [0.1, 0.15) is 0 Å². The summed E-state index contributed by atoms with van der Waals surface area (Å²) in [5, 5.41) is 6.74. The van der Waals surface area contributed by atoms with Crippen LogP contribution in [0, 0.1) is 0 Å². The number of hydrogen-bond donors (Lipinski definition) is 2. The second-order valence-electron chi connectivity index (χ2n) is 7.09. The molecule has 0 saturated heterocycles. The molecule has 2 N–H and O–H groups in total. The number of nitrogens with one attached hydrogen (secondary N) is 2. The monoisotopic (exact) mass is 414 g/mol. The highest BCUT2D eigenvalue weighted by Crippen LogP contribution is 2.38.